The molecule has 3 N–H and O–H groups in total. The molecule has 0 spiro atoms. The Hall–Kier alpha value is -1.43. The Morgan fingerprint density at radius 1 is 1.15 bits per heavy atom. The van der Waals surface area contributed by atoms with E-state index >= 15 is 0 Å². The molecule has 0 radical (unpaired) electrons. The number of hydrogen-bond donors (Lipinski definition) is 2. The zero-order chi connectivity index (χ0) is 14.4. The second kappa shape index (κ2) is 7.38. The number of nitrogens with zero attached hydrogens (tertiary/aromatic N) is 2. The van der Waals surface area contributed by atoms with E-state index in [0.29, 0.717) is 13.1 Å². The summed E-state index contributed by atoms with van der Waals surface area (Å²) in [5.41, 5.74) is 7.61. The van der Waals surface area contributed by atoms with Crippen LogP contribution < -0.4 is 11.1 Å². The zero-order valence-electron chi connectivity index (χ0n) is 12.1. The van der Waals surface area contributed by atoms with Gasteiger partial charge in [0.2, 0.25) is 5.91 Å². The van der Waals surface area contributed by atoms with Gasteiger partial charge < -0.3 is 11.1 Å². The first-order chi connectivity index (χ1) is 9.67. The molecule has 0 bridgehead atoms. The van der Waals surface area contributed by atoms with Gasteiger partial charge in [0.25, 0.3) is 0 Å². The fraction of sp³-hybridized carbons (Fsp3) is 0.533. The SMILES string of the molecule is Cc1ccc(NC(=O)CN2CCN(CCN)CC2)cc1. The summed E-state index contributed by atoms with van der Waals surface area (Å²) in [5.74, 6) is 0.0566. The van der Waals surface area contributed by atoms with Gasteiger partial charge in [0, 0.05) is 45.0 Å². The third kappa shape index (κ3) is 4.59. The Labute approximate surface area is 120 Å². The van der Waals surface area contributed by atoms with Crippen LogP contribution in [0.3, 0.4) is 0 Å². The van der Waals surface area contributed by atoms with E-state index < -0.39 is 0 Å². The Morgan fingerprint density at radius 3 is 2.35 bits per heavy atom. The number of piperazine rings is 1. The topological polar surface area (TPSA) is 61.6 Å². The first kappa shape index (κ1) is 15.0. The molecule has 1 amide bonds. The Morgan fingerprint density at radius 2 is 1.75 bits per heavy atom. The highest BCUT2D eigenvalue weighted by Gasteiger charge is 2.18. The molecule has 1 saturated heterocycles. The molecule has 0 unspecified atom stereocenters. The number of benzene rings is 1. The van der Waals surface area contributed by atoms with Crippen LogP contribution in [0.15, 0.2) is 24.3 Å². The molecule has 1 aromatic rings. The molecule has 2 rings (SSSR count). The molecule has 1 fully saturated rings. The number of anilines is 1. The standard InChI is InChI=1S/C15H24N4O/c1-13-2-4-14(5-3-13)17-15(20)12-19-10-8-18(7-6-16)9-11-19/h2-5H,6-12,16H2,1H3,(H,17,20). The molecule has 110 valence electrons. The number of hydrogen-bond acceptors (Lipinski definition) is 4. The minimum atomic E-state index is 0.0566. The third-order valence-electron chi connectivity index (χ3n) is 3.61. The first-order valence-corrected chi connectivity index (χ1v) is 7.18. The van der Waals surface area contributed by atoms with Crippen LogP contribution in [0.2, 0.25) is 0 Å². The number of nitrogens with two attached hydrogens (primary N) is 1. The van der Waals surface area contributed by atoms with E-state index in [2.05, 4.69) is 15.1 Å². The fourth-order valence-corrected chi connectivity index (χ4v) is 2.39. The van der Waals surface area contributed by atoms with Crippen LogP contribution in [0.5, 0.6) is 0 Å². The van der Waals surface area contributed by atoms with Gasteiger partial charge in [0.05, 0.1) is 6.54 Å². The molecule has 1 aliphatic heterocycles. The molecule has 0 atom stereocenters. The van der Waals surface area contributed by atoms with E-state index in [1.807, 2.05) is 31.2 Å². The van der Waals surface area contributed by atoms with Crippen LogP contribution in [-0.4, -0.2) is 61.5 Å². The summed E-state index contributed by atoms with van der Waals surface area (Å²) in [6.45, 7) is 8.00. The van der Waals surface area contributed by atoms with E-state index in [0.717, 1.165) is 38.4 Å². The van der Waals surface area contributed by atoms with Crippen molar-refractivity contribution in [2.45, 2.75) is 6.92 Å². The Balaban J connectivity index is 1.74. The molecule has 5 nitrogen and oxygen atoms in total. The predicted molar refractivity (Wildman–Crippen MR) is 81.7 cm³/mol. The van der Waals surface area contributed by atoms with Crippen LogP contribution in [-0.2, 0) is 4.79 Å². The average Bonchev–Trinajstić information content (AvgIpc) is 2.44. The summed E-state index contributed by atoms with van der Waals surface area (Å²) < 4.78 is 0. The molecule has 1 aliphatic rings. The van der Waals surface area contributed by atoms with Gasteiger partial charge in [-0.1, -0.05) is 17.7 Å². The quantitative estimate of drug-likeness (QED) is 0.822. The lowest BCUT2D eigenvalue weighted by Gasteiger charge is -2.33. The largest absolute Gasteiger partial charge is 0.329 e. The van der Waals surface area contributed by atoms with E-state index in [9.17, 15) is 4.79 Å². The Kier molecular flexibility index (Phi) is 5.52. The van der Waals surface area contributed by atoms with Gasteiger partial charge in [0.1, 0.15) is 0 Å². The van der Waals surface area contributed by atoms with Crippen molar-refractivity contribution >= 4 is 11.6 Å². The van der Waals surface area contributed by atoms with Crippen molar-refractivity contribution in [1.29, 1.82) is 0 Å². The van der Waals surface area contributed by atoms with Gasteiger partial charge in [-0.15, -0.1) is 0 Å². The molecule has 1 heterocycles. The highest BCUT2D eigenvalue weighted by atomic mass is 16.2. The summed E-state index contributed by atoms with van der Waals surface area (Å²) in [4.78, 5) is 16.5. The lowest BCUT2D eigenvalue weighted by Crippen LogP contribution is -2.49. The second-order valence-electron chi connectivity index (χ2n) is 5.32. The maximum absolute atomic E-state index is 12.0. The number of carbonyl (C=O) groups is 1. The Bertz CT molecular complexity index is 424. The molecule has 20 heavy (non-hydrogen) atoms. The lowest BCUT2D eigenvalue weighted by molar-refractivity contribution is -0.117. The molecular formula is C15H24N4O. The van der Waals surface area contributed by atoms with Crippen molar-refractivity contribution in [3.8, 4) is 0 Å². The molecule has 5 heteroatoms. The van der Waals surface area contributed by atoms with Gasteiger partial charge in [-0.3, -0.25) is 14.6 Å². The monoisotopic (exact) mass is 276 g/mol. The maximum atomic E-state index is 12.0. The van der Waals surface area contributed by atoms with Crippen LogP contribution in [0.1, 0.15) is 5.56 Å². The maximum Gasteiger partial charge on any atom is 0.238 e. The number of carbonyl (C=O) groups excluding carboxylic acids is 1. The van der Waals surface area contributed by atoms with Crippen molar-refractivity contribution in [2.24, 2.45) is 5.73 Å². The van der Waals surface area contributed by atoms with Gasteiger partial charge >= 0.3 is 0 Å². The van der Waals surface area contributed by atoms with Crippen molar-refractivity contribution < 1.29 is 4.79 Å². The zero-order valence-corrected chi connectivity index (χ0v) is 12.1. The summed E-state index contributed by atoms with van der Waals surface area (Å²) in [6.07, 6.45) is 0. The van der Waals surface area contributed by atoms with Crippen LogP contribution >= 0.6 is 0 Å². The highest BCUT2D eigenvalue weighted by Crippen LogP contribution is 2.09. The first-order valence-electron chi connectivity index (χ1n) is 7.18. The molecule has 0 aliphatic carbocycles. The van der Waals surface area contributed by atoms with E-state index in [4.69, 9.17) is 5.73 Å². The van der Waals surface area contributed by atoms with Gasteiger partial charge in [0.15, 0.2) is 0 Å². The fourth-order valence-electron chi connectivity index (χ4n) is 2.39. The number of amides is 1. The smallest absolute Gasteiger partial charge is 0.238 e. The molecule has 0 aromatic heterocycles. The van der Waals surface area contributed by atoms with Gasteiger partial charge in [-0.05, 0) is 19.1 Å². The third-order valence-corrected chi connectivity index (χ3v) is 3.61. The van der Waals surface area contributed by atoms with E-state index in [1.54, 1.807) is 0 Å². The second-order valence-corrected chi connectivity index (χ2v) is 5.32. The van der Waals surface area contributed by atoms with Crippen LogP contribution in [0.25, 0.3) is 0 Å². The minimum absolute atomic E-state index is 0.0566. The van der Waals surface area contributed by atoms with Crippen molar-refractivity contribution in [3.63, 3.8) is 0 Å². The molecule has 0 saturated carbocycles. The molecular weight excluding hydrogens is 252 g/mol. The van der Waals surface area contributed by atoms with Crippen LogP contribution in [0, 0.1) is 6.92 Å². The minimum Gasteiger partial charge on any atom is -0.329 e. The van der Waals surface area contributed by atoms with Gasteiger partial charge in [-0.2, -0.15) is 0 Å². The van der Waals surface area contributed by atoms with Crippen molar-refractivity contribution in [3.05, 3.63) is 29.8 Å². The summed E-state index contributed by atoms with van der Waals surface area (Å²) in [7, 11) is 0. The average molecular weight is 276 g/mol. The van der Waals surface area contributed by atoms with Gasteiger partial charge in [-0.25, -0.2) is 0 Å². The summed E-state index contributed by atoms with van der Waals surface area (Å²) >= 11 is 0. The summed E-state index contributed by atoms with van der Waals surface area (Å²) in [6, 6.07) is 7.88. The highest BCUT2D eigenvalue weighted by molar-refractivity contribution is 5.92. The molecule has 1 aromatic carbocycles. The predicted octanol–water partition coefficient (Wildman–Crippen LogP) is 0.510. The van der Waals surface area contributed by atoms with Crippen molar-refractivity contribution in [2.75, 3.05) is 51.1 Å². The normalized spacial score (nSPS) is 17.1. The number of rotatable bonds is 5. The summed E-state index contributed by atoms with van der Waals surface area (Å²) in [5, 5.41) is 2.94. The number of nitrogens with one attached hydrogen (secondary N) is 1. The lowest BCUT2D eigenvalue weighted by atomic mass is 10.2. The van der Waals surface area contributed by atoms with Crippen molar-refractivity contribution in [1.82, 2.24) is 9.80 Å². The van der Waals surface area contributed by atoms with Crippen LogP contribution in [0.4, 0.5) is 5.69 Å². The van der Waals surface area contributed by atoms with E-state index in [-0.39, 0.29) is 5.91 Å². The number of aryl methyl sites for hydroxylation is 1. The van der Waals surface area contributed by atoms with E-state index in [1.165, 1.54) is 5.56 Å².